The summed E-state index contributed by atoms with van der Waals surface area (Å²) in [5, 5.41) is 0. The Morgan fingerprint density at radius 3 is 1.79 bits per heavy atom. The summed E-state index contributed by atoms with van der Waals surface area (Å²) in [6.45, 7) is 10.6. The molecule has 0 fully saturated rings. The van der Waals surface area contributed by atoms with Crippen LogP contribution in [0.2, 0.25) is 0 Å². The number of ether oxygens (including phenoxy) is 6. The third-order valence-electron chi connectivity index (χ3n) is 5.35. The fourth-order valence-electron chi connectivity index (χ4n) is 3.25. The van der Waals surface area contributed by atoms with E-state index in [-0.39, 0.29) is 13.2 Å². The van der Waals surface area contributed by atoms with Crippen molar-refractivity contribution >= 4 is 24.0 Å². The van der Waals surface area contributed by atoms with Crippen molar-refractivity contribution in [3.05, 3.63) is 49.1 Å². The molecule has 0 atom stereocenters. The van der Waals surface area contributed by atoms with Crippen molar-refractivity contribution in [2.45, 2.75) is 58.3 Å². The van der Waals surface area contributed by atoms with E-state index in [0.717, 1.165) is 37.8 Å². The van der Waals surface area contributed by atoms with E-state index in [2.05, 4.69) is 20.1 Å². The molecule has 0 unspecified atom stereocenters. The Labute approximate surface area is 231 Å². The normalized spacial score (nSPS) is 10.5. The number of benzene rings is 1. The van der Waals surface area contributed by atoms with Crippen molar-refractivity contribution in [2.75, 3.05) is 40.1 Å². The summed E-state index contributed by atoms with van der Waals surface area (Å²) in [7, 11) is 1.31. The molecule has 216 valence electrons. The van der Waals surface area contributed by atoms with Crippen LogP contribution >= 0.6 is 0 Å². The van der Waals surface area contributed by atoms with Crippen molar-refractivity contribution in [3.63, 3.8) is 0 Å². The van der Waals surface area contributed by atoms with Gasteiger partial charge in [-0.05, 0) is 50.3 Å². The van der Waals surface area contributed by atoms with Gasteiger partial charge >= 0.3 is 17.9 Å². The molecule has 0 amide bonds. The predicted octanol–water partition coefficient (Wildman–Crippen LogP) is 5.61. The van der Waals surface area contributed by atoms with Gasteiger partial charge in [-0.1, -0.05) is 39.3 Å². The van der Waals surface area contributed by atoms with E-state index in [1.807, 2.05) is 0 Å². The zero-order valence-electron chi connectivity index (χ0n) is 23.2. The standard InChI is InChI=1S/C30H42O9/c1-5-8-9-10-22-38-29-24(16-18-28(33)34-4)15-17-25(35-19-11-12-20-36-26(31)6-2)30(29)39-23-14-13-21-37-27(32)7-3/h6-7,15-18H,2-3,5,8-14,19-23H2,1,4H3/b18-16+. The maximum absolute atomic E-state index is 11.7. The molecular weight excluding hydrogens is 504 g/mol. The Kier molecular flexibility index (Phi) is 18.1. The average Bonchev–Trinajstić information content (AvgIpc) is 2.95. The van der Waals surface area contributed by atoms with E-state index in [1.165, 1.54) is 13.2 Å². The summed E-state index contributed by atoms with van der Waals surface area (Å²) in [6.07, 6.45) is 11.8. The molecule has 0 spiro atoms. The Morgan fingerprint density at radius 2 is 1.23 bits per heavy atom. The van der Waals surface area contributed by atoms with Crippen LogP contribution in [0.25, 0.3) is 6.08 Å². The van der Waals surface area contributed by atoms with Gasteiger partial charge in [0, 0.05) is 23.8 Å². The third-order valence-corrected chi connectivity index (χ3v) is 5.35. The van der Waals surface area contributed by atoms with Crippen LogP contribution in [-0.2, 0) is 28.6 Å². The van der Waals surface area contributed by atoms with Gasteiger partial charge in [-0.3, -0.25) is 0 Å². The van der Waals surface area contributed by atoms with Gasteiger partial charge in [0.05, 0.1) is 40.1 Å². The van der Waals surface area contributed by atoms with Crippen LogP contribution in [-0.4, -0.2) is 58.1 Å². The van der Waals surface area contributed by atoms with Gasteiger partial charge in [-0.25, -0.2) is 14.4 Å². The summed E-state index contributed by atoms with van der Waals surface area (Å²) in [5.74, 6) is -0.00871. The fraction of sp³-hybridized carbons (Fsp3) is 0.500. The molecule has 0 saturated carbocycles. The highest BCUT2D eigenvalue weighted by Crippen LogP contribution is 2.41. The van der Waals surface area contributed by atoms with Gasteiger partial charge in [0.15, 0.2) is 11.5 Å². The molecule has 0 radical (unpaired) electrons. The van der Waals surface area contributed by atoms with Crippen molar-refractivity contribution in [2.24, 2.45) is 0 Å². The number of methoxy groups -OCH3 is 1. The quantitative estimate of drug-likeness (QED) is 0.0794. The van der Waals surface area contributed by atoms with Crippen LogP contribution < -0.4 is 14.2 Å². The zero-order chi connectivity index (χ0) is 28.7. The van der Waals surface area contributed by atoms with Gasteiger partial charge < -0.3 is 28.4 Å². The lowest BCUT2D eigenvalue weighted by Crippen LogP contribution is -2.09. The maximum atomic E-state index is 11.7. The highest BCUT2D eigenvalue weighted by atomic mass is 16.5. The van der Waals surface area contributed by atoms with Crippen molar-refractivity contribution in [1.82, 2.24) is 0 Å². The molecule has 0 aromatic heterocycles. The lowest BCUT2D eigenvalue weighted by molar-refractivity contribution is -0.138. The summed E-state index contributed by atoms with van der Waals surface area (Å²) < 4.78 is 33.1. The molecule has 9 nitrogen and oxygen atoms in total. The van der Waals surface area contributed by atoms with E-state index in [1.54, 1.807) is 18.2 Å². The van der Waals surface area contributed by atoms with Gasteiger partial charge in [-0.15, -0.1) is 0 Å². The molecular formula is C30H42O9. The summed E-state index contributed by atoms with van der Waals surface area (Å²) in [4.78, 5) is 34.1. The van der Waals surface area contributed by atoms with E-state index in [9.17, 15) is 14.4 Å². The van der Waals surface area contributed by atoms with Crippen molar-refractivity contribution in [3.8, 4) is 17.2 Å². The summed E-state index contributed by atoms with van der Waals surface area (Å²) in [5.41, 5.74) is 0.648. The first kappa shape index (κ1) is 33.3. The van der Waals surface area contributed by atoms with E-state index in [4.69, 9.17) is 28.4 Å². The molecule has 39 heavy (non-hydrogen) atoms. The molecule has 0 saturated heterocycles. The zero-order valence-corrected chi connectivity index (χ0v) is 23.2. The Bertz CT molecular complexity index is 937. The first-order valence-corrected chi connectivity index (χ1v) is 13.4. The summed E-state index contributed by atoms with van der Waals surface area (Å²) >= 11 is 0. The molecule has 1 aromatic rings. The van der Waals surface area contributed by atoms with Crippen LogP contribution in [0.15, 0.2) is 43.5 Å². The Hall–Kier alpha value is -3.75. The third kappa shape index (κ3) is 14.7. The minimum absolute atomic E-state index is 0.261. The monoisotopic (exact) mass is 546 g/mol. The Balaban J connectivity index is 3.02. The van der Waals surface area contributed by atoms with Crippen LogP contribution in [0.1, 0.15) is 63.9 Å². The number of hydrogen-bond donors (Lipinski definition) is 0. The molecule has 0 aliphatic rings. The van der Waals surface area contributed by atoms with Crippen LogP contribution in [0, 0.1) is 0 Å². The first-order chi connectivity index (χ1) is 19.0. The minimum atomic E-state index is -0.488. The number of esters is 3. The fourth-order valence-corrected chi connectivity index (χ4v) is 3.25. The highest BCUT2D eigenvalue weighted by molar-refractivity contribution is 5.88. The number of unbranched alkanes of at least 4 members (excludes halogenated alkanes) is 5. The largest absolute Gasteiger partial charge is 0.490 e. The number of rotatable bonds is 22. The lowest BCUT2D eigenvalue weighted by Gasteiger charge is -2.19. The molecule has 1 aromatic carbocycles. The SMILES string of the molecule is C=CC(=O)OCCCCOc1ccc(/C=C/C(=O)OC)c(OCCCCCC)c1OCCCCOC(=O)C=C. The highest BCUT2D eigenvalue weighted by Gasteiger charge is 2.18. The summed E-state index contributed by atoms with van der Waals surface area (Å²) in [6, 6.07) is 3.56. The van der Waals surface area contributed by atoms with E-state index in [0.29, 0.717) is 68.3 Å². The topological polar surface area (TPSA) is 107 Å². The second-order valence-electron chi connectivity index (χ2n) is 8.43. The maximum Gasteiger partial charge on any atom is 0.330 e. The van der Waals surface area contributed by atoms with Gasteiger partial charge in [0.2, 0.25) is 5.75 Å². The minimum Gasteiger partial charge on any atom is -0.490 e. The molecule has 0 bridgehead atoms. The van der Waals surface area contributed by atoms with Gasteiger partial charge in [-0.2, -0.15) is 0 Å². The van der Waals surface area contributed by atoms with Gasteiger partial charge in [0.25, 0.3) is 0 Å². The lowest BCUT2D eigenvalue weighted by atomic mass is 10.1. The van der Waals surface area contributed by atoms with Crippen LogP contribution in [0.5, 0.6) is 17.2 Å². The predicted molar refractivity (Wildman–Crippen MR) is 149 cm³/mol. The number of carbonyl (C=O) groups excluding carboxylic acids is 3. The second-order valence-corrected chi connectivity index (χ2v) is 8.43. The smallest absolute Gasteiger partial charge is 0.330 e. The molecule has 9 heteroatoms. The molecule has 0 N–H and O–H groups in total. The van der Waals surface area contributed by atoms with Gasteiger partial charge in [0.1, 0.15) is 0 Å². The van der Waals surface area contributed by atoms with Crippen molar-refractivity contribution < 1.29 is 42.8 Å². The van der Waals surface area contributed by atoms with Crippen molar-refractivity contribution in [1.29, 1.82) is 0 Å². The number of hydrogen-bond acceptors (Lipinski definition) is 9. The van der Waals surface area contributed by atoms with E-state index < -0.39 is 17.9 Å². The molecule has 1 rings (SSSR count). The first-order valence-electron chi connectivity index (χ1n) is 13.4. The molecule has 0 aliphatic heterocycles. The van der Waals surface area contributed by atoms with Crippen LogP contribution in [0.4, 0.5) is 0 Å². The Morgan fingerprint density at radius 1 is 0.692 bits per heavy atom. The number of carbonyl (C=O) groups is 3. The van der Waals surface area contributed by atoms with Crippen LogP contribution in [0.3, 0.4) is 0 Å². The second kappa shape index (κ2) is 21.2. The van der Waals surface area contributed by atoms with E-state index >= 15 is 0 Å². The average molecular weight is 547 g/mol. The molecule has 0 heterocycles. The molecule has 0 aliphatic carbocycles.